The molecule has 0 saturated carbocycles. The van der Waals surface area contributed by atoms with Crippen molar-refractivity contribution in [3.63, 3.8) is 0 Å². The summed E-state index contributed by atoms with van der Waals surface area (Å²) in [6.07, 6.45) is 0.738. The van der Waals surface area contributed by atoms with Crippen molar-refractivity contribution < 1.29 is 13.9 Å². The molecule has 0 spiro atoms. The summed E-state index contributed by atoms with van der Waals surface area (Å²) in [6, 6.07) is 6.15. The quantitative estimate of drug-likeness (QED) is 0.798. The molecule has 0 aliphatic rings. The molecule has 4 heteroatoms. The largest absolute Gasteiger partial charge is 0.468 e. The van der Waals surface area contributed by atoms with E-state index in [1.807, 2.05) is 6.92 Å². The summed E-state index contributed by atoms with van der Waals surface area (Å²) in [6.45, 7) is 3.73. The van der Waals surface area contributed by atoms with E-state index in [0.717, 1.165) is 12.0 Å². The zero-order chi connectivity index (χ0) is 12.8. The van der Waals surface area contributed by atoms with E-state index >= 15 is 0 Å². The highest BCUT2D eigenvalue weighted by molar-refractivity contribution is 5.75. The van der Waals surface area contributed by atoms with E-state index in [2.05, 4.69) is 10.1 Å². The number of halogens is 1. The molecule has 1 N–H and O–H groups in total. The highest BCUT2D eigenvalue weighted by Gasteiger charge is 2.15. The minimum atomic E-state index is -0.338. The highest BCUT2D eigenvalue weighted by Crippen LogP contribution is 2.06. The molecule has 1 aromatic rings. The molecule has 0 aliphatic heterocycles. The second-order valence-corrected chi connectivity index (χ2v) is 4.14. The van der Waals surface area contributed by atoms with E-state index in [1.165, 1.54) is 19.2 Å². The molecular formula is C13H18FNO2. The molecule has 17 heavy (non-hydrogen) atoms. The number of ether oxygens (including phenoxy) is 1. The van der Waals surface area contributed by atoms with Gasteiger partial charge >= 0.3 is 5.97 Å². The first-order chi connectivity index (χ1) is 8.02. The van der Waals surface area contributed by atoms with Crippen LogP contribution in [0, 0.1) is 5.82 Å². The van der Waals surface area contributed by atoms with Crippen molar-refractivity contribution in [2.45, 2.75) is 32.4 Å². The van der Waals surface area contributed by atoms with Crippen molar-refractivity contribution in [2.24, 2.45) is 0 Å². The first kappa shape index (κ1) is 13.6. The van der Waals surface area contributed by atoms with Crippen molar-refractivity contribution in [2.75, 3.05) is 7.11 Å². The topological polar surface area (TPSA) is 38.3 Å². The number of nitrogens with one attached hydrogen (secondary N) is 1. The number of hydrogen-bond acceptors (Lipinski definition) is 3. The number of benzene rings is 1. The monoisotopic (exact) mass is 239 g/mol. The van der Waals surface area contributed by atoms with Crippen molar-refractivity contribution in [3.8, 4) is 0 Å². The molecule has 0 fully saturated rings. The molecule has 94 valence electrons. The van der Waals surface area contributed by atoms with E-state index in [9.17, 15) is 9.18 Å². The first-order valence-electron chi connectivity index (χ1n) is 5.61. The van der Waals surface area contributed by atoms with E-state index in [1.54, 1.807) is 19.1 Å². The average molecular weight is 239 g/mol. The summed E-state index contributed by atoms with van der Waals surface area (Å²) >= 11 is 0. The minimum absolute atomic E-state index is 0.120. The van der Waals surface area contributed by atoms with Crippen LogP contribution in [0.4, 0.5) is 4.39 Å². The third-order valence-corrected chi connectivity index (χ3v) is 2.54. The number of carbonyl (C=O) groups is 1. The minimum Gasteiger partial charge on any atom is -0.468 e. The van der Waals surface area contributed by atoms with Crippen LogP contribution in [0.2, 0.25) is 0 Å². The van der Waals surface area contributed by atoms with Gasteiger partial charge in [0.15, 0.2) is 0 Å². The zero-order valence-corrected chi connectivity index (χ0v) is 10.4. The third kappa shape index (κ3) is 4.53. The van der Waals surface area contributed by atoms with Crippen molar-refractivity contribution >= 4 is 5.97 Å². The Labute approximate surface area is 101 Å². The van der Waals surface area contributed by atoms with Gasteiger partial charge in [0, 0.05) is 6.04 Å². The molecule has 0 bridgehead atoms. The molecule has 0 aromatic heterocycles. The van der Waals surface area contributed by atoms with Gasteiger partial charge in [-0.05, 0) is 38.0 Å². The van der Waals surface area contributed by atoms with Crippen LogP contribution in [0.1, 0.15) is 19.4 Å². The Morgan fingerprint density at radius 2 is 1.94 bits per heavy atom. The molecule has 0 aliphatic carbocycles. The molecule has 3 nitrogen and oxygen atoms in total. The fraction of sp³-hybridized carbons (Fsp3) is 0.462. The summed E-state index contributed by atoms with van der Waals surface area (Å²) in [5.41, 5.74) is 1.03. The number of rotatable bonds is 5. The van der Waals surface area contributed by atoms with Crippen LogP contribution < -0.4 is 5.32 Å². The van der Waals surface area contributed by atoms with Crippen LogP contribution in [-0.4, -0.2) is 25.2 Å². The summed E-state index contributed by atoms with van der Waals surface area (Å²) in [5.74, 6) is -0.520. The van der Waals surface area contributed by atoms with E-state index < -0.39 is 0 Å². The normalized spacial score (nSPS) is 14.1. The lowest BCUT2D eigenvalue weighted by Gasteiger charge is -2.18. The number of esters is 1. The van der Waals surface area contributed by atoms with Gasteiger partial charge in [-0.1, -0.05) is 12.1 Å². The molecule has 0 heterocycles. The fourth-order valence-electron chi connectivity index (χ4n) is 1.70. The Bertz CT molecular complexity index is 364. The molecule has 0 radical (unpaired) electrons. The van der Waals surface area contributed by atoms with Gasteiger partial charge in [0.1, 0.15) is 11.9 Å². The Morgan fingerprint density at radius 1 is 1.35 bits per heavy atom. The van der Waals surface area contributed by atoms with E-state index in [4.69, 9.17) is 0 Å². The molecule has 0 saturated heterocycles. The van der Waals surface area contributed by atoms with Gasteiger partial charge in [0.2, 0.25) is 0 Å². The van der Waals surface area contributed by atoms with Gasteiger partial charge in [0.05, 0.1) is 7.11 Å². The Balaban J connectivity index is 2.46. The summed E-state index contributed by atoms with van der Waals surface area (Å²) in [7, 11) is 1.37. The van der Waals surface area contributed by atoms with Gasteiger partial charge in [-0.25, -0.2) is 4.39 Å². The third-order valence-electron chi connectivity index (χ3n) is 2.54. The predicted molar refractivity (Wildman–Crippen MR) is 64.2 cm³/mol. The van der Waals surface area contributed by atoms with Gasteiger partial charge in [-0.2, -0.15) is 0 Å². The van der Waals surface area contributed by atoms with Crippen LogP contribution in [0.25, 0.3) is 0 Å². The lowest BCUT2D eigenvalue weighted by molar-refractivity contribution is -0.142. The lowest BCUT2D eigenvalue weighted by atomic mass is 10.1. The Hall–Kier alpha value is -1.42. The Kier molecular flexibility index (Phi) is 5.10. The van der Waals surface area contributed by atoms with E-state index in [0.29, 0.717) is 0 Å². The van der Waals surface area contributed by atoms with E-state index in [-0.39, 0.29) is 23.9 Å². The summed E-state index contributed by atoms with van der Waals surface area (Å²) < 4.78 is 17.3. The first-order valence-corrected chi connectivity index (χ1v) is 5.61. The molecule has 1 unspecified atom stereocenters. The molecular weight excluding hydrogens is 221 g/mol. The highest BCUT2D eigenvalue weighted by atomic mass is 19.1. The molecule has 2 atom stereocenters. The van der Waals surface area contributed by atoms with Gasteiger partial charge in [0.25, 0.3) is 0 Å². The van der Waals surface area contributed by atoms with Crippen molar-refractivity contribution in [3.05, 3.63) is 35.6 Å². The van der Waals surface area contributed by atoms with Gasteiger partial charge < -0.3 is 10.1 Å². The number of hydrogen-bond donors (Lipinski definition) is 1. The maximum absolute atomic E-state index is 12.7. The van der Waals surface area contributed by atoms with Crippen LogP contribution >= 0.6 is 0 Å². The van der Waals surface area contributed by atoms with Crippen LogP contribution in [0.5, 0.6) is 0 Å². The summed E-state index contributed by atoms with van der Waals surface area (Å²) in [5, 5.41) is 3.13. The second-order valence-electron chi connectivity index (χ2n) is 4.14. The van der Waals surface area contributed by atoms with Crippen LogP contribution in [-0.2, 0) is 16.0 Å². The standard InChI is InChI=1S/C13H18FNO2/c1-9(15-10(2)13(16)17-3)8-11-4-6-12(14)7-5-11/h4-7,9-10,15H,8H2,1-3H3/t9?,10-/m0/s1. The lowest BCUT2D eigenvalue weighted by Crippen LogP contribution is -2.41. The maximum atomic E-state index is 12.7. The smallest absolute Gasteiger partial charge is 0.322 e. The maximum Gasteiger partial charge on any atom is 0.322 e. The Morgan fingerprint density at radius 3 is 2.47 bits per heavy atom. The van der Waals surface area contributed by atoms with Crippen molar-refractivity contribution in [1.82, 2.24) is 5.32 Å². The number of methoxy groups -OCH3 is 1. The summed E-state index contributed by atoms with van der Waals surface area (Å²) in [4.78, 5) is 11.2. The predicted octanol–water partition coefficient (Wildman–Crippen LogP) is 1.91. The molecule has 1 rings (SSSR count). The molecule has 1 aromatic carbocycles. The average Bonchev–Trinajstić information content (AvgIpc) is 2.30. The van der Waals surface area contributed by atoms with Crippen LogP contribution in [0.3, 0.4) is 0 Å². The van der Waals surface area contributed by atoms with Gasteiger partial charge in [-0.3, -0.25) is 4.79 Å². The van der Waals surface area contributed by atoms with Gasteiger partial charge in [-0.15, -0.1) is 0 Å². The number of carbonyl (C=O) groups excluding carboxylic acids is 1. The second kappa shape index (κ2) is 6.35. The van der Waals surface area contributed by atoms with Crippen molar-refractivity contribution in [1.29, 1.82) is 0 Å². The SMILES string of the molecule is COC(=O)[C@H](C)NC(C)Cc1ccc(F)cc1. The molecule has 0 amide bonds. The fourth-order valence-corrected chi connectivity index (χ4v) is 1.70. The van der Waals surface area contributed by atoms with Crippen LogP contribution in [0.15, 0.2) is 24.3 Å². The zero-order valence-electron chi connectivity index (χ0n) is 10.4.